The number of aliphatic hydroxyl groups is 2. The van der Waals surface area contributed by atoms with E-state index >= 15 is 0 Å². The van der Waals surface area contributed by atoms with Crippen LogP contribution in [0.25, 0.3) is 21.3 Å². The van der Waals surface area contributed by atoms with E-state index in [1.165, 1.54) is 0 Å². The highest BCUT2D eigenvalue weighted by atomic mass is 79.9. The van der Waals surface area contributed by atoms with Gasteiger partial charge in [-0.05, 0) is 6.07 Å². The second kappa shape index (κ2) is 5.70. The molecule has 0 fully saturated rings. The Bertz CT molecular complexity index is 831. The van der Waals surface area contributed by atoms with Gasteiger partial charge in [-0.25, -0.2) is 9.97 Å². The summed E-state index contributed by atoms with van der Waals surface area (Å²) < 4.78 is 1.63. The van der Waals surface area contributed by atoms with Crippen molar-refractivity contribution in [3.8, 4) is 11.3 Å². The van der Waals surface area contributed by atoms with Crippen LogP contribution in [0.3, 0.4) is 0 Å². The molecule has 0 atom stereocenters. The smallest absolute Gasteiger partial charge is 0.0976 e. The van der Waals surface area contributed by atoms with Gasteiger partial charge in [-0.2, -0.15) is 0 Å². The van der Waals surface area contributed by atoms with Crippen LogP contribution in [0.5, 0.6) is 0 Å². The zero-order chi connectivity index (χ0) is 16.0. The van der Waals surface area contributed by atoms with E-state index in [-0.39, 0.29) is 13.2 Å². The fourth-order valence-electron chi connectivity index (χ4n) is 2.63. The van der Waals surface area contributed by atoms with Gasteiger partial charge < -0.3 is 10.2 Å². The standard InChI is InChI=1S/C16H12Br2N2O2/c1-7-13-9(3-4-10(18)14(13)8(2)17)16-15(7)19-11(5-21)12(6-22)20-16/h3-4,21-22H,1-2,5-6H2. The molecule has 0 radical (unpaired) electrons. The number of halogens is 2. The molecule has 0 bridgehead atoms. The second-order valence-corrected chi connectivity index (χ2v) is 6.67. The molecule has 112 valence electrons. The fourth-order valence-corrected chi connectivity index (χ4v) is 3.88. The number of rotatable bonds is 3. The largest absolute Gasteiger partial charge is 0.390 e. The van der Waals surface area contributed by atoms with E-state index in [1.54, 1.807) is 0 Å². The van der Waals surface area contributed by atoms with E-state index in [1.807, 2.05) is 12.1 Å². The quantitative estimate of drug-likeness (QED) is 0.674. The predicted octanol–water partition coefficient (Wildman–Crippen LogP) is 3.63. The van der Waals surface area contributed by atoms with E-state index in [0.29, 0.717) is 22.8 Å². The molecule has 2 N–H and O–H groups in total. The molecule has 1 aliphatic carbocycles. The minimum absolute atomic E-state index is 0.271. The summed E-state index contributed by atoms with van der Waals surface area (Å²) in [7, 11) is 0. The van der Waals surface area contributed by atoms with Crippen LogP contribution >= 0.6 is 31.9 Å². The first kappa shape index (κ1) is 15.6. The Morgan fingerprint density at radius 1 is 1.09 bits per heavy atom. The zero-order valence-corrected chi connectivity index (χ0v) is 14.7. The highest BCUT2D eigenvalue weighted by Crippen LogP contribution is 2.47. The van der Waals surface area contributed by atoms with Crippen molar-refractivity contribution in [1.82, 2.24) is 9.97 Å². The summed E-state index contributed by atoms with van der Waals surface area (Å²) in [4.78, 5) is 8.91. The zero-order valence-electron chi connectivity index (χ0n) is 11.5. The van der Waals surface area contributed by atoms with Gasteiger partial charge in [0.25, 0.3) is 0 Å². The summed E-state index contributed by atoms with van der Waals surface area (Å²) in [5.41, 5.74) is 5.48. The topological polar surface area (TPSA) is 66.2 Å². The lowest BCUT2D eigenvalue weighted by Crippen LogP contribution is -2.04. The molecule has 4 nitrogen and oxygen atoms in total. The van der Waals surface area contributed by atoms with Crippen molar-refractivity contribution in [2.75, 3.05) is 0 Å². The minimum atomic E-state index is -0.276. The van der Waals surface area contributed by atoms with Gasteiger partial charge in [-0.3, -0.25) is 0 Å². The lowest BCUT2D eigenvalue weighted by molar-refractivity contribution is 0.251. The molecule has 0 spiro atoms. The third kappa shape index (κ3) is 2.18. The Kier molecular flexibility index (Phi) is 4.03. The van der Waals surface area contributed by atoms with Crippen LogP contribution in [0.4, 0.5) is 0 Å². The predicted molar refractivity (Wildman–Crippen MR) is 93.1 cm³/mol. The normalized spacial score (nSPS) is 12.3. The van der Waals surface area contributed by atoms with Crippen molar-refractivity contribution < 1.29 is 10.2 Å². The summed E-state index contributed by atoms with van der Waals surface area (Å²) in [6.07, 6.45) is 0. The van der Waals surface area contributed by atoms with Gasteiger partial charge in [-0.1, -0.05) is 51.1 Å². The molecule has 1 heterocycles. The van der Waals surface area contributed by atoms with E-state index in [9.17, 15) is 10.2 Å². The van der Waals surface area contributed by atoms with Crippen LogP contribution in [-0.2, 0) is 13.2 Å². The average molecular weight is 424 g/mol. The number of nitrogens with zero attached hydrogens (tertiary/aromatic N) is 2. The summed E-state index contributed by atoms with van der Waals surface area (Å²) in [5, 5.41) is 18.8. The summed E-state index contributed by atoms with van der Waals surface area (Å²) >= 11 is 6.96. The lowest BCUT2D eigenvalue weighted by Gasteiger charge is -2.10. The molecule has 0 unspecified atom stereocenters. The van der Waals surface area contributed by atoms with Gasteiger partial charge >= 0.3 is 0 Å². The molecule has 1 aromatic carbocycles. The van der Waals surface area contributed by atoms with E-state index in [0.717, 1.165) is 31.2 Å². The molecule has 6 heteroatoms. The van der Waals surface area contributed by atoms with Crippen LogP contribution in [0.15, 0.2) is 29.8 Å². The van der Waals surface area contributed by atoms with Gasteiger partial charge in [0.2, 0.25) is 0 Å². The molecule has 0 aliphatic heterocycles. The van der Waals surface area contributed by atoms with Crippen molar-refractivity contribution >= 4 is 41.9 Å². The van der Waals surface area contributed by atoms with Crippen molar-refractivity contribution in [1.29, 1.82) is 0 Å². The molecular formula is C16H12Br2N2O2. The van der Waals surface area contributed by atoms with Gasteiger partial charge in [0.05, 0.1) is 36.0 Å². The molecule has 0 amide bonds. The maximum Gasteiger partial charge on any atom is 0.0976 e. The maximum absolute atomic E-state index is 9.42. The van der Waals surface area contributed by atoms with E-state index < -0.39 is 0 Å². The molecule has 1 aliphatic rings. The maximum atomic E-state index is 9.42. The second-order valence-electron chi connectivity index (χ2n) is 4.86. The van der Waals surface area contributed by atoms with Gasteiger partial charge in [0, 0.05) is 31.2 Å². The SMILES string of the molecule is C=C(Br)c1c(Br)ccc2c1C(=C)c1nc(CO)c(CO)nc1-2. The molecule has 1 aromatic heterocycles. The van der Waals surface area contributed by atoms with Crippen LogP contribution in [0.1, 0.15) is 28.2 Å². The number of aromatic nitrogens is 2. The molecule has 0 saturated heterocycles. The summed E-state index contributed by atoms with van der Waals surface area (Å²) in [6, 6.07) is 3.85. The molecule has 2 aromatic rings. The summed E-state index contributed by atoms with van der Waals surface area (Å²) in [5.74, 6) is 0. The first-order valence-corrected chi connectivity index (χ1v) is 8.07. The highest BCUT2D eigenvalue weighted by molar-refractivity contribution is 9.15. The Balaban J connectivity index is 2.34. The van der Waals surface area contributed by atoms with Crippen molar-refractivity contribution in [2.24, 2.45) is 0 Å². The Hall–Kier alpha value is -1.34. The van der Waals surface area contributed by atoms with Gasteiger partial charge in [-0.15, -0.1) is 0 Å². The van der Waals surface area contributed by atoms with E-state index in [2.05, 4.69) is 55.0 Å². The van der Waals surface area contributed by atoms with Crippen molar-refractivity contribution in [3.63, 3.8) is 0 Å². The third-order valence-electron chi connectivity index (χ3n) is 3.62. The Labute approximate surface area is 144 Å². The van der Waals surface area contributed by atoms with Crippen molar-refractivity contribution in [2.45, 2.75) is 13.2 Å². The monoisotopic (exact) mass is 422 g/mol. The number of fused-ring (bicyclic) bond motifs is 3. The minimum Gasteiger partial charge on any atom is -0.390 e. The van der Waals surface area contributed by atoms with Crippen LogP contribution in [0.2, 0.25) is 0 Å². The third-order valence-corrected chi connectivity index (χ3v) is 4.68. The Morgan fingerprint density at radius 2 is 1.68 bits per heavy atom. The van der Waals surface area contributed by atoms with Crippen molar-refractivity contribution in [3.05, 3.63) is 58.0 Å². The lowest BCUT2D eigenvalue weighted by atomic mass is 10.0. The molecule has 3 rings (SSSR count). The summed E-state index contributed by atoms with van der Waals surface area (Å²) in [6.45, 7) is 7.53. The van der Waals surface area contributed by atoms with Crippen LogP contribution in [-0.4, -0.2) is 20.2 Å². The molecule has 22 heavy (non-hydrogen) atoms. The molecular weight excluding hydrogens is 412 g/mol. The average Bonchev–Trinajstić information content (AvgIpc) is 2.78. The fraction of sp³-hybridized carbons (Fsp3) is 0.125. The van der Waals surface area contributed by atoms with Crippen LogP contribution < -0.4 is 0 Å². The first-order valence-electron chi connectivity index (χ1n) is 6.48. The number of hydrogen-bond donors (Lipinski definition) is 2. The van der Waals surface area contributed by atoms with E-state index in [4.69, 9.17) is 0 Å². The highest BCUT2D eigenvalue weighted by Gasteiger charge is 2.30. The van der Waals surface area contributed by atoms with Crippen LogP contribution in [0, 0.1) is 0 Å². The van der Waals surface area contributed by atoms with Gasteiger partial charge in [0.15, 0.2) is 0 Å². The molecule has 0 saturated carbocycles. The van der Waals surface area contributed by atoms with Gasteiger partial charge in [0.1, 0.15) is 0 Å². The number of aliphatic hydroxyl groups excluding tert-OH is 2. The Morgan fingerprint density at radius 3 is 2.23 bits per heavy atom. The number of hydrogen-bond acceptors (Lipinski definition) is 4. The first-order chi connectivity index (χ1) is 10.5. The number of benzene rings is 1.